The Morgan fingerprint density at radius 2 is 1.39 bits per heavy atom. The number of thioether (sulfide) groups is 2. The second-order valence-electron chi connectivity index (χ2n) is 4.51. The molecule has 3 nitrogen and oxygen atoms in total. The fraction of sp³-hybridized carbons (Fsp3) is 0.308. The SMILES string of the molecule is C[N+](C)=C1SC2C(=O)c3ccccc3C(=O)C2S1. The molecule has 1 aromatic carbocycles. The second kappa shape index (κ2) is 4.24. The van der Waals surface area contributed by atoms with Crippen molar-refractivity contribution in [1.29, 1.82) is 0 Å². The number of benzene rings is 1. The number of carbonyl (C=O) groups excluding carboxylic acids is 2. The van der Waals surface area contributed by atoms with Gasteiger partial charge in [-0.05, 0) is 23.5 Å². The fourth-order valence-electron chi connectivity index (χ4n) is 2.18. The standard InChI is InChI=1S/C13H12NO2S2/c1-14(2)13-17-11-9(15)7-5-3-4-6-8(7)10(16)12(11)18-13/h3-6,11-12H,1-2H3/q+1. The highest BCUT2D eigenvalue weighted by atomic mass is 32.2. The van der Waals surface area contributed by atoms with E-state index in [1.807, 2.05) is 30.8 Å². The number of hydrogen-bond acceptors (Lipinski definition) is 4. The van der Waals surface area contributed by atoms with Gasteiger partial charge in [-0.15, -0.1) is 0 Å². The van der Waals surface area contributed by atoms with E-state index in [9.17, 15) is 9.59 Å². The van der Waals surface area contributed by atoms with Crippen LogP contribution in [0, 0.1) is 0 Å². The summed E-state index contributed by atoms with van der Waals surface area (Å²) in [5, 5.41) is -0.510. The van der Waals surface area contributed by atoms with Crippen LogP contribution in [0.4, 0.5) is 0 Å². The molecule has 92 valence electrons. The summed E-state index contributed by atoms with van der Waals surface area (Å²) < 4.78 is 3.01. The number of hydrogen-bond donors (Lipinski definition) is 0. The summed E-state index contributed by atoms with van der Waals surface area (Å²) in [4.78, 5) is 24.8. The molecule has 5 heteroatoms. The molecule has 0 saturated carbocycles. The van der Waals surface area contributed by atoms with Gasteiger partial charge in [0.05, 0.1) is 10.5 Å². The largest absolute Gasteiger partial charge is 0.293 e. The molecular weight excluding hydrogens is 266 g/mol. The Bertz CT molecular complexity index is 545. The zero-order valence-electron chi connectivity index (χ0n) is 10.0. The summed E-state index contributed by atoms with van der Waals surface area (Å²) >= 11 is 3.03. The van der Waals surface area contributed by atoms with E-state index in [-0.39, 0.29) is 22.1 Å². The van der Waals surface area contributed by atoms with Crippen molar-refractivity contribution >= 4 is 39.5 Å². The minimum Gasteiger partial charge on any atom is -0.293 e. The van der Waals surface area contributed by atoms with Gasteiger partial charge in [0.1, 0.15) is 14.1 Å². The zero-order chi connectivity index (χ0) is 12.9. The number of nitrogens with zero attached hydrogens (tertiary/aromatic N) is 1. The topological polar surface area (TPSA) is 37.1 Å². The molecule has 0 bridgehead atoms. The van der Waals surface area contributed by atoms with Gasteiger partial charge in [0.15, 0.2) is 11.6 Å². The maximum Gasteiger partial charge on any atom is 0.271 e. The monoisotopic (exact) mass is 278 g/mol. The summed E-state index contributed by atoms with van der Waals surface area (Å²) in [6.45, 7) is 0. The summed E-state index contributed by atoms with van der Waals surface area (Å²) in [7, 11) is 3.88. The summed E-state index contributed by atoms with van der Waals surface area (Å²) in [6.07, 6.45) is 0. The molecule has 0 amide bonds. The van der Waals surface area contributed by atoms with Crippen LogP contribution in [0.3, 0.4) is 0 Å². The van der Waals surface area contributed by atoms with Crippen molar-refractivity contribution in [3.05, 3.63) is 35.4 Å². The Morgan fingerprint density at radius 1 is 0.944 bits per heavy atom. The van der Waals surface area contributed by atoms with Crippen molar-refractivity contribution in [2.24, 2.45) is 0 Å². The van der Waals surface area contributed by atoms with Crippen LogP contribution in [0.2, 0.25) is 0 Å². The fourth-order valence-corrected chi connectivity index (χ4v) is 5.18. The number of rotatable bonds is 0. The first-order valence-electron chi connectivity index (χ1n) is 5.64. The number of Topliss-reactive ketones (excluding diaryl/α,β-unsaturated/α-hetero) is 2. The van der Waals surface area contributed by atoms with Gasteiger partial charge < -0.3 is 0 Å². The average Bonchev–Trinajstić information content (AvgIpc) is 2.81. The van der Waals surface area contributed by atoms with Crippen LogP contribution in [0.15, 0.2) is 24.3 Å². The van der Waals surface area contributed by atoms with Crippen molar-refractivity contribution in [1.82, 2.24) is 0 Å². The third kappa shape index (κ3) is 1.65. The van der Waals surface area contributed by atoms with E-state index in [1.165, 1.54) is 23.5 Å². The molecule has 1 aromatic rings. The number of fused-ring (bicyclic) bond motifs is 2. The van der Waals surface area contributed by atoms with Crippen molar-refractivity contribution in [2.45, 2.75) is 10.5 Å². The van der Waals surface area contributed by atoms with E-state index in [0.29, 0.717) is 11.1 Å². The molecule has 2 unspecified atom stereocenters. The maximum absolute atomic E-state index is 12.4. The van der Waals surface area contributed by atoms with Crippen LogP contribution in [-0.4, -0.2) is 45.1 Å². The molecule has 0 spiro atoms. The third-order valence-corrected chi connectivity index (χ3v) is 6.43. The molecule has 1 aliphatic carbocycles. The minimum absolute atomic E-state index is 0.0875. The molecule has 0 N–H and O–H groups in total. The highest BCUT2D eigenvalue weighted by Gasteiger charge is 2.50. The lowest BCUT2D eigenvalue weighted by Gasteiger charge is -2.22. The van der Waals surface area contributed by atoms with Gasteiger partial charge >= 0.3 is 0 Å². The number of ketones is 2. The Hall–Kier alpha value is -1.07. The molecular formula is C13H12NO2S2+. The first kappa shape index (κ1) is 12.0. The molecule has 18 heavy (non-hydrogen) atoms. The van der Waals surface area contributed by atoms with Crippen LogP contribution < -0.4 is 0 Å². The van der Waals surface area contributed by atoms with E-state index in [1.54, 1.807) is 12.1 Å². The highest BCUT2D eigenvalue weighted by molar-refractivity contribution is 8.42. The van der Waals surface area contributed by atoms with E-state index in [0.717, 1.165) is 4.38 Å². The Kier molecular flexibility index (Phi) is 2.83. The molecule has 1 heterocycles. The van der Waals surface area contributed by atoms with Crippen molar-refractivity contribution in [3.63, 3.8) is 0 Å². The van der Waals surface area contributed by atoms with Crippen LogP contribution in [-0.2, 0) is 0 Å². The summed E-state index contributed by atoms with van der Waals surface area (Å²) in [5.74, 6) is 0.175. The first-order chi connectivity index (χ1) is 8.59. The molecule has 0 radical (unpaired) electrons. The molecule has 3 rings (SSSR count). The maximum atomic E-state index is 12.4. The second-order valence-corrected chi connectivity index (χ2v) is 7.03. The van der Waals surface area contributed by atoms with Gasteiger partial charge in [-0.2, -0.15) is 0 Å². The van der Waals surface area contributed by atoms with Crippen LogP contribution in [0.5, 0.6) is 0 Å². The normalized spacial score (nSPS) is 26.0. The van der Waals surface area contributed by atoms with Gasteiger partial charge in [-0.1, -0.05) is 24.3 Å². The van der Waals surface area contributed by atoms with Gasteiger partial charge in [0, 0.05) is 11.1 Å². The quantitative estimate of drug-likeness (QED) is 0.679. The summed E-state index contributed by atoms with van der Waals surface area (Å²) in [5.41, 5.74) is 1.16. The lowest BCUT2D eigenvalue weighted by atomic mass is 9.89. The predicted octanol–water partition coefficient (Wildman–Crippen LogP) is 1.91. The first-order valence-corrected chi connectivity index (χ1v) is 7.40. The van der Waals surface area contributed by atoms with Gasteiger partial charge in [-0.25, -0.2) is 4.58 Å². The smallest absolute Gasteiger partial charge is 0.271 e. The summed E-state index contributed by atoms with van der Waals surface area (Å²) in [6, 6.07) is 7.14. The van der Waals surface area contributed by atoms with Crippen LogP contribution in [0.1, 0.15) is 20.7 Å². The van der Waals surface area contributed by atoms with E-state index < -0.39 is 0 Å². The Morgan fingerprint density at radius 3 is 1.78 bits per heavy atom. The van der Waals surface area contributed by atoms with Crippen molar-refractivity contribution in [3.8, 4) is 0 Å². The van der Waals surface area contributed by atoms with Gasteiger partial charge in [-0.3, -0.25) is 9.59 Å². The number of carbonyl (C=O) groups is 2. The molecule has 1 saturated heterocycles. The Labute approximate surface area is 114 Å². The molecule has 0 aromatic heterocycles. The average molecular weight is 278 g/mol. The van der Waals surface area contributed by atoms with E-state index in [2.05, 4.69) is 0 Å². The molecule has 1 fully saturated rings. The van der Waals surface area contributed by atoms with Crippen molar-refractivity contribution < 1.29 is 14.2 Å². The zero-order valence-corrected chi connectivity index (χ0v) is 11.7. The molecule has 1 aliphatic heterocycles. The third-order valence-electron chi connectivity index (χ3n) is 3.07. The van der Waals surface area contributed by atoms with Gasteiger partial charge in [0.25, 0.3) is 4.38 Å². The molecule has 2 atom stereocenters. The lowest BCUT2D eigenvalue weighted by Crippen LogP contribution is -2.38. The van der Waals surface area contributed by atoms with E-state index in [4.69, 9.17) is 0 Å². The van der Waals surface area contributed by atoms with E-state index >= 15 is 0 Å². The molecule has 2 aliphatic rings. The lowest BCUT2D eigenvalue weighted by molar-refractivity contribution is -0.458. The van der Waals surface area contributed by atoms with Gasteiger partial charge in [0.2, 0.25) is 0 Å². The highest BCUT2D eigenvalue weighted by Crippen LogP contribution is 2.45. The predicted molar refractivity (Wildman–Crippen MR) is 75.0 cm³/mol. The van der Waals surface area contributed by atoms with Crippen molar-refractivity contribution in [2.75, 3.05) is 14.1 Å². The van der Waals surface area contributed by atoms with Crippen LogP contribution >= 0.6 is 23.5 Å². The minimum atomic E-state index is -0.255. The van der Waals surface area contributed by atoms with Crippen LogP contribution in [0.25, 0.3) is 0 Å². The Balaban J connectivity index is 2.10.